The van der Waals surface area contributed by atoms with Gasteiger partial charge in [0.1, 0.15) is 0 Å². The molecule has 15 heavy (non-hydrogen) atoms. The van der Waals surface area contributed by atoms with Crippen molar-refractivity contribution >= 4 is 34.1 Å². The summed E-state index contributed by atoms with van der Waals surface area (Å²) in [7, 11) is 3.51. The predicted molar refractivity (Wildman–Crippen MR) is 73.9 cm³/mol. The molecular weight excluding hydrogens is 246 g/mol. The van der Waals surface area contributed by atoms with E-state index in [0.29, 0.717) is 5.25 Å². The van der Waals surface area contributed by atoms with Crippen molar-refractivity contribution in [2.75, 3.05) is 7.05 Å². The smallest absolute Gasteiger partial charge is 0.0574 e. The number of likely N-dealkylation sites (N-methyl/N-ethyl adjacent to an activating group) is 1. The van der Waals surface area contributed by atoms with E-state index in [0.717, 1.165) is 5.02 Å². The molecule has 0 heterocycles. The summed E-state index contributed by atoms with van der Waals surface area (Å²) in [6.07, 6.45) is 0. The van der Waals surface area contributed by atoms with Crippen LogP contribution in [0.5, 0.6) is 0 Å². The molecule has 0 fully saturated rings. The molecular formula is C11H16ClNS2. The Hall–Kier alpha value is 0.170. The fourth-order valence-corrected chi connectivity index (χ4v) is 3.32. The summed E-state index contributed by atoms with van der Waals surface area (Å²) < 4.78 is 0. The zero-order valence-electron chi connectivity index (χ0n) is 9.12. The van der Waals surface area contributed by atoms with E-state index in [2.05, 4.69) is 43.0 Å². The summed E-state index contributed by atoms with van der Waals surface area (Å²) in [6.45, 7) is 4.32. The first-order valence-electron chi connectivity index (χ1n) is 4.76. The van der Waals surface area contributed by atoms with Gasteiger partial charge in [-0.25, -0.2) is 0 Å². The van der Waals surface area contributed by atoms with E-state index in [-0.39, 0.29) is 5.54 Å². The molecule has 0 saturated heterocycles. The van der Waals surface area contributed by atoms with Crippen molar-refractivity contribution in [1.82, 2.24) is 5.32 Å². The number of thiol groups is 1. The molecule has 1 N–H and O–H groups in total. The average molecular weight is 262 g/mol. The van der Waals surface area contributed by atoms with E-state index in [1.165, 1.54) is 5.56 Å². The third-order valence-electron chi connectivity index (χ3n) is 2.58. The van der Waals surface area contributed by atoms with Crippen LogP contribution >= 0.6 is 34.1 Å². The van der Waals surface area contributed by atoms with Crippen molar-refractivity contribution in [1.29, 1.82) is 0 Å². The zero-order valence-corrected chi connectivity index (χ0v) is 11.6. The van der Waals surface area contributed by atoms with E-state index in [1.807, 2.05) is 19.2 Å². The highest BCUT2D eigenvalue weighted by Gasteiger charge is 2.28. The second-order valence-electron chi connectivity index (χ2n) is 4.01. The molecule has 1 atom stereocenters. The molecule has 4 heteroatoms. The van der Waals surface area contributed by atoms with Gasteiger partial charge in [0.2, 0.25) is 0 Å². The zero-order chi connectivity index (χ0) is 11.5. The summed E-state index contributed by atoms with van der Waals surface area (Å²) >= 11 is 10.2. The SMILES string of the molecule is CNC(C)(C)[C@@H](SS)c1ccc(Cl)cc1. The Bertz CT molecular complexity index is 311. The Balaban J connectivity index is 2.97. The van der Waals surface area contributed by atoms with Gasteiger partial charge in [-0.05, 0) is 38.6 Å². The van der Waals surface area contributed by atoms with Gasteiger partial charge in [-0.1, -0.05) is 34.5 Å². The quantitative estimate of drug-likeness (QED) is 0.629. The van der Waals surface area contributed by atoms with Gasteiger partial charge in [-0.2, -0.15) is 0 Å². The van der Waals surface area contributed by atoms with Crippen LogP contribution in [0.4, 0.5) is 0 Å². The van der Waals surface area contributed by atoms with Crippen molar-refractivity contribution in [3.63, 3.8) is 0 Å². The molecule has 1 aromatic carbocycles. The molecule has 0 radical (unpaired) electrons. The number of rotatable bonds is 4. The first-order valence-corrected chi connectivity index (χ1v) is 7.07. The van der Waals surface area contributed by atoms with Gasteiger partial charge in [0.25, 0.3) is 0 Å². The summed E-state index contributed by atoms with van der Waals surface area (Å²) in [5.41, 5.74) is 1.24. The van der Waals surface area contributed by atoms with Crippen molar-refractivity contribution in [2.45, 2.75) is 24.6 Å². The predicted octanol–water partition coefficient (Wildman–Crippen LogP) is 3.96. The standard InChI is InChI=1S/C11H16ClNS2/c1-11(2,13-3)10(15-14)8-4-6-9(12)7-5-8/h4-7,10,13-14H,1-3H3/t10-/m0/s1. The van der Waals surface area contributed by atoms with Crippen LogP contribution in [0.15, 0.2) is 24.3 Å². The Kier molecular flexibility index (Phi) is 4.84. The number of benzene rings is 1. The van der Waals surface area contributed by atoms with Crippen LogP contribution in [0.2, 0.25) is 5.02 Å². The molecule has 1 aromatic rings. The van der Waals surface area contributed by atoms with Crippen LogP contribution in [0.3, 0.4) is 0 Å². The molecule has 1 rings (SSSR count). The average Bonchev–Trinajstić information content (AvgIpc) is 2.22. The monoisotopic (exact) mass is 261 g/mol. The lowest BCUT2D eigenvalue weighted by atomic mass is 9.94. The van der Waals surface area contributed by atoms with Crippen LogP contribution < -0.4 is 5.32 Å². The van der Waals surface area contributed by atoms with Gasteiger partial charge in [0.05, 0.1) is 5.25 Å². The summed E-state index contributed by atoms with van der Waals surface area (Å²) in [4.78, 5) is 0. The van der Waals surface area contributed by atoms with Crippen LogP contribution in [-0.4, -0.2) is 12.6 Å². The number of hydrogen-bond acceptors (Lipinski definition) is 3. The van der Waals surface area contributed by atoms with Crippen LogP contribution in [0.1, 0.15) is 24.7 Å². The first-order chi connectivity index (χ1) is 7.01. The van der Waals surface area contributed by atoms with Gasteiger partial charge < -0.3 is 5.32 Å². The van der Waals surface area contributed by atoms with Crippen LogP contribution in [0.25, 0.3) is 0 Å². The van der Waals surface area contributed by atoms with Crippen molar-refractivity contribution in [2.24, 2.45) is 0 Å². The lowest BCUT2D eigenvalue weighted by Gasteiger charge is -2.32. The highest BCUT2D eigenvalue weighted by molar-refractivity contribution is 8.68. The molecule has 0 aliphatic rings. The minimum absolute atomic E-state index is 0.000244. The minimum atomic E-state index is 0.000244. The molecule has 0 amide bonds. The maximum Gasteiger partial charge on any atom is 0.0574 e. The minimum Gasteiger partial charge on any atom is -0.313 e. The van der Waals surface area contributed by atoms with E-state index in [9.17, 15) is 0 Å². The van der Waals surface area contributed by atoms with E-state index >= 15 is 0 Å². The summed E-state index contributed by atoms with van der Waals surface area (Å²) in [5.74, 6) is 0. The molecule has 0 bridgehead atoms. The lowest BCUT2D eigenvalue weighted by Crippen LogP contribution is -2.40. The fraction of sp³-hybridized carbons (Fsp3) is 0.455. The molecule has 84 valence electrons. The second-order valence-corrected chi connectivity index (χ2v) is 5.76. The van der Waals surface area contributed by atoms with Gasteiger partial charge in [0.15, 0.2) is 0 Å². The van der Waals surface area contributed by atoms with Gasteiger partial charge in [-0.3, -0.25) is 0 Å². The van der Waals surface area contributed by atoms with Gasteiger partial charge in [0, 0.05) is 10.6 Å². The highest BCUT2D eigenvalue weighted by Crippen LogP contribution is 2.40. The largest absolute Gasteiger partial charge is 0.313 e. The molecule has 0 spiro atoms. The molecule has 0 saturated carbocycles. The number of hydrogen-bond donors (Lipinski definition) is 2. The maximum atomic E-state index is 5.87. The van der Waals surface area contributed by atoms with Crippen molar-refractivity contribution in [3.05, 3.63) is 34.9 Å². The molecule has 0 unspecified atom stereocenters. The van der Waals surface area contributed by atoms with Crippen LogP contribution in [0, 0.1) is 0 Å². The highest BCUT2D eigenvalue weighted by atomic mass is 35.5. The molecule has 1 nitrogen and oxygen atoms in total. The van der Waals surface area contributed by atoms with E-state index in [1.54, 1.807) is 10.8 Å². The molecule has 0 aliphatic carbocycles. The Morgan fingerprint density at radius 3 is 2.27 bits per heavy atom. The number of halogens is 1. The van der Waals surface area contributed by atoms with Crippen molar-refractivity contribution in [3.8, 4) is 0 Å². The Labute approximate surface area is 106 Å². The first kappa shape index (κ1) is 13.2. The summed E-state index contributed by atoms with van der Waals surface area (Å²) in [6, 6.07) is 7.93. The van der Waals surface area contributed by atoms with Gasteiger partial charge >= 0.3 is 0 Å². The Morgan fingerprint density at radius 1 is 1.33 bits per heavy atom. The second kappa shape index (κ2) is 5.48. The van der Waals surface area contributed by atoms with Crippen LogP contribution in [-0.2, 0) is 0 Å². The summed E-state index contributed by atoms with van der Waals surface area (Å²) in [5, 5.41) is 4.36. The normalized spacial score (nSPS) is 13.9. The molecule has 0 aliphatic heterocycles. The van der Waals surface area contributed by atoms with E-state index in [4.69, 9.17) is 11.6 Å². The number of nitrogens with one attached hydrogen (secondary N) is 1. The topological polar surface area (TPSA) is 12.0 Å². The third-order valence-corrected chi connectivity index (χ3v) is 4.53. The Morgan fingerprint density at radius 2 is 1.87 bits per heavy atom. The fourth-order valence-electron chi connectivity index (χ4n) is 1.38. The molecule has 0 aromatic heterocycles. The lowest BCUT2D eigenvalue weighted by molar-refractivity contribution is 0.415. The third kappa shape index (κ3) is 3.31. The van der Waals surface area contributed by atoms with Gasteiger partial charge in [-0.15, -0.1) is 11.7 Å². The van der Waals surface area contributed by atoms with Crippen molar-refractivity contribution < 1.29 is 0 Å². The maximum absolute atomic E-state index is 5.87. The van der Waals surface area contributed by atoms with E-state index < -0.39 is 0 Å².